The van der Waals surface area contributed by atoms with E-state index in [1.807, 2.05) is 18.2 Å². The van der Waals surface area contributed by atoms with E-state index in [2.05, 4.69) is 0 Å². The Morgan fingerprint density at radius 1 is 1.04 bits per heavy atom. The first-order valence-corrected chi connectivity index (χ1v) is 9.90. The zero-order valence-electron chi connectivity index (χ0n) is 14.4. The van der Waals surface area contributed by atoms with Gasteiger partial charge in [0.1, 0.15) is 6.04 Å². The van der Waals surface area contributed by atoms with Crippen molar-refractivity contribution in [3.8, 4) is 0 Å². The summed E-state index contributed by atoms with van der Waals surface area (Å²) in [5, 5.41) is 0.622. The van der Waals surface area contributed by atoms with Crippen LogP contribution < -0.4 is 0 Å². The standard InChI is InChI=1S/C18H21ClN2O3S/c1-20(13-14-9-11-16(19)12-10-14)18(22)17(21(2)25(3,23)24)15-7-5-4-6-8-15/h4-12,17H,13H2,1-3H3/t17-/m1/s1. The quantitative estimate of drug-likeness (QED) is 0.774. The summed E-state index contributed by atoms with van der Waals surface area (Å²) in [6.07, 6.45) is 1.09. The fraction of sp³-hybridized carbons (Fsp3) is 0.278. The number of carbonyl (C=O) groups excluding carboxylic acids is 1. The van der Waals surface area contributed by atoms with Crippen LogP contribution in [0.2, 0.25) is 5.02 Å². The molecule has 0 heterocycles. The van der Waals surface area contributed by atoms with Crippen molar-refractivity contribution in [3.05, 3.63) is 70.7 Å². The summed E-state index contributed by atoms with van der Waals surface area (Å²) in [6, 6.07) is 15.2. The number of halogens is 1. The fourth-order valence-electron chi connectivity index (χ4n) is 2.49. The molecule has 7 heteroatoms. The van der Waals surface area contributed by atoms with Gasteiger partial charge in [-0.2, -0.15) is 4.31 Å². The van der Waals surface area contributed by atoms with Gasteiger partial charge >= 0.3 is 0 Å². The van der Waals surface area contributed by atoms with Crippen LogP contribution in [0, 0.1) is 0 Å². The molecule has 0 aliphatic rings. The Labute approximate surface area is 153 Å². The lowest BCUT2D eigenvalue weighted by Crippen LogP contribution is -2.41. The Morgan fingerprint density at radius 3 is 2.12 bits per heavy atom. The number of sulfonamides is 1. The largest absolute Gasteiger partial charge is 0.340 e. The Hall–Kier alpha value is -1.89. The van der Waals surface area contributed by atoms with E-state index < -0.39 is 16.1 Å². The van der Waals surface area contributed by atoms with Gasteiger partial charge in [0, 0.05) is 25.7 Å². The Kier molecular flexibility index (Phi) is 6.21. The molecular weight excluding hydrogens is 360 g/mol. The first kappa shape index (κ1) is 19.4. The number of likely N-dealkylation sites (N-methyl/N-ethyl adjacent to an activating group) is 2. The highest BCUT2D eigenvalue weighted by Crippen LogP contribution is 2.24. The lowest BCUT2D eigenvalue weighted by atomic mass is 10.1. The molecule has 0 bridgehead atoms. The number of nitrogens with zero attached hydrogens (tertiary/aromatic N) is 2. The number of amides is 1. The third-order valence-electron chi connectivity index (χ3n) is 3.95. The Bertz CT molecular complexity index is 823. The van der Waals surface area contributed by atoms with Crippen LogP contribution in [0.3, 0.4) is 0 Å². The van der Waals surface area contributed by atoms with E-state index in [4.69, 9.17) is 11.6 Å². The summed E-state index contributed by atoms with van der Waals surface area (Å²) in [5.41, 5.74) is 1.54. The van der Waals surface area contributed by atoms with Crippen molar-refractivity contribution >= 4 is 27.5 Å². The molecule has 0 aromatic heterocycles. The minimum atomic E-state index is -3.54. The van der Waals surface area contributed by atoms with Gasteiger partial charge in [-0.1, -0.05) is 54.1 Å². The van der Waals surface area contributed by atoms with Gasteiger partial charge in [0.05, 0.1) is 6.26 Å². The molecule has 2 rings (SSSR count). The van der Waals surface area contributed by atoms with Gasteiger partial charge in [0.2, 0.25) is 15.9 Å². The lowest BCUT2D eigenvalue weighted by molar-refractivity contribution is -0.134. The number of carbonyl (C=O) groups is 1. The normalized spacial score (nSPS) is 12.8. The van der Waals surface area contributed by atoms with Crippen LogP contribution in [-0.4, -0.2) is 43.9 Å². The van der Waals surface area contributed by atoms with E-state index in [9.17, 15) is 13.2 Å². The molecule has 0 saturated carbocycles. The maximum absolute atomic E-state index is 13.0. The van der Waals surface area contributed by atoms with Crippen LogP contribution in [0.25, 0.3) is 0 Å². The molecular formula is C18H21ClN2O3S. The summed E-state index contributed by atoms with van der Waals surface area (Å²) < 4.78 is 25.1. The second-order valence-corrected chi connectivity index (χ2v) is 8.39. The maximum atomic E-state index is 13.0. The van der Waals surface area contributed by atoms with E-state index in [0.29, 0.717) is 17.1 Å². The summed E-state index contributed by atoms with van der Waals surface area (Å²) in [5.74, 6) is -0.297. The molecule has 2 aromatic rings. The SMILES string of the molecule is CN(Cc1ccc(Cl)cc1)C(=O)[C@@H](c1ccccc1)N(C)S(C)(=O)=O. The molecule has 5 nitrogen and oxygen atoms in total. The molecule has 0 spiro atoms. The smallest absolute Gasteiger partial charge is 0.245 e. The monoisotopic (exact) mass is 380 g/mol. The van der Waals surface area contributed by atoms with Crippen molar-refractivity contribution in [2.75, 3.05) is 20.4 Å². The number of hydrogen-bond donors (Lipinski definition) is 0. The zero-order chi connectivity index (χ0) is 18.6. The topological polar surface area (TPSA) is 57.7 Å². The van der Waals surface area contributed by atoms with Crippen LogP contribution in [0.15, 0.2) is 54.6 Å². The molecule has 2 aromatic carbocycles. The lowest BCUT2D eigenvalue weighted by Gasteiger charge is -2.29. The molecule has 0 unspecified atom stereocenters. The number of rotatable bonds is 6. The molecule has 0 fully saturated rings. The molecule has 134 valence electrons. The maximum Gasteiger partial charge on any atom is 0.245 e. The number of benzene rings is 2. The van der Waals surface area contributed by atoms with Gasteiger partial charge in [0.25, 0.3) is 0 Å². The van der Waals surface area contributed by atoms with E-state index in [-0.39, 0.29) is 5.91 Å². The summed E-state index contributed by atoms with van der Waals surface area (Å²) in [4.78, 5) is 14.5. The second-order valence-electron chi connectivity index (χ2n) is 5.91. The summed E-state index contributed by atoms with van der Waals surface area (Å²) >= 11 is 5.88. The molecule has 0 saturated heterocycles. The summed E-state index contributed by atoms with van der Waals surface area (Å²) in [7, 11) is -0.465. The predicted molar refractivity (Wildman–Crippen MR) is 99.7 cm³/mol. The highest BCUT2D eigenvalue weighted by atomic mass is 35.5. The van der Waals surface area contributed by atoms with Crippen LogP contribution in [0.4, 0.5) is 0 Å². The van der Waals surface area contributed by atoms with Gasteiger partial charge < -0.3 is 4.90 Å². The van der Waals surface area contributed by atoms with E-state index in [1.54, 1.807) is 43.4 Å². The zero-order valence-corrected chi connectivity index (χ0v) is 16.0. The van der Waals surface area contributed by atoms with Gasteiger partial charge in [-0.25, -0.2) is 8.42 Å². The van der Waals surface area contributed by atoms with E-state index in [0.717, 1.165) is 16.1 Å². The highest BCUT2D eigenvalue weighted by molar-refractivity contribution is 7.88. The molecule has 0 N–H and O–H groups in total. The molecule has 0 aliphatic heterocycles. The predicted octanol–water partition coefficient (Wildman–Crippen LogP) is 2.93. The van der Waals surface area contributed by atoms with Crippen molar-refractivity contribution in [3.63, 3.8) is 0 Å². The van der Waals surface area contributed by atoms with Crippen molar-refractivity contribution in [2.24, 2.45) is 0 Å². The van der Waals surface area contributed by atoms with Crippen LogP contribution >= 0.6 is 11.6 Å². The van der Waals surface area contributed by atoms with Gasteiger partial charge in [-0.15, -0.1) is 0 Å². The van der Waals surface area contributed by atoms with Gasteiger partial charge in [0.15, 0.2) is 0 Å². The van der Waals surface area contributed by atoms with Gasteiger partial charge in [-0.05, 0) is 23.3 Å². The van der Waals surface area contributed by atoms with E-state index in [1.165, 1.54) is 11.9 Å². The second kappa shape index (κ2) is 7.99. The third-order valence-corrected chi connectivity index (χ3v) is 5.45. The first-order valence-electron chi connectivity index (χ1n) is 7.67. The van der Waals surface area contributed by atoms with Crippen molar-refractivity contribution in [1.82, 2.24) is 9.21 Å². The minimum absolute atomic E-state index is 0.297. The van der Waals surface area contributed by atoms with Crippen LogP contribution in [0.1, 0.15) is 17.2 Å². The molecule has 1 atom stereocenters. The molecule has 25 heavy (non-hydrogen) atoms. The van der Waals surface area contributed by atoms with Crippen LogP contribution in [0.5, 0.6) is 0 Å². The fourth-order valence-corrected chi connectivity index (χ4v) is 3.21. The van der Waals surface area contributed by atoms with Crippen molar-refractivity contribution < 1.29 is 13.2 Å². The van der Waals surface area contributed by atoms with E-state index >= 15 is 0 Å². The Morgan fingerprint density at radius 2 is 1.60 bits per heavy atom. The third kappa shape index (κ3) is 5.04. The summed E-state index contributed by atoms with van der Waals surface area (Å²) in [6.45, 7) is 0.358. The average molecular weight is 381 g/mol. The highest BCUT2D eigenvalue weighted by Gasteiger charge is 2.32. The average Bonchev–Trinajstić information content (AvgIpc) is 2.57. The molecule has 1 amide bonds. The van der Waals surface area contributed by atoms with Crippen molar-refractivity contribution in [2.45, 2.75) is 12.6 Å². The first-order chi connectivity index (χ1) is 11.7. The van der Waals surface area contributed by atoms with Gasteiger partial charge in [-0.3, -0.25) is 4.79 Å². The van der Waals surface area contributed by atoms with Crippen molar-refractivity contribution in [1.29, 1.82) is 0 Å². The van der Waals surface area contributed by atoms with Crippen LogP contribution in [-0.2, 0) is 21.4 Å². The number of hydrogen-bond acceptors (Lipinski definition) is 3. The molecule has 0 radical (unpaired) electrons. The molecule has 0 aliphatic carbocycles. The minimum Gasteiger partial charge on any atom is -0.340 e. The Balaban J connectivity index is 2.29.